The first-order chi connectivity index (χ1) is 12.9. The molecule has 3 aromatic rings. The predicted molar refractivity (Wildman–Crippen MR) is 95.9 cm³/mol. The summed E-state index contributed by atoms with van der Waals surface area (Å²) in [7, 11) is 0. The van der Waals surface area contributed by atoms with E-state index >= 15 is 0 Å². The van der Waals surface area contributed by atoms with Gasteiger partial charge in [0, 0.05) is 5.39 Å². The lowest BCUT2D eigenvalue weighted by atomic mass is 10.1. The molecule has 0 aliphatic heterocycles. The molecule has 140 valence electrons. The molecule has 0 aliphatic rings. The van der Waals surface area contributed by atoms with E-state index < -0.39 is 11.9 Å². The third-order valence-electron chi connectivity index (χ3n) is 3.83. The molecule has 0 saturated carbocycles. The molecule has 27 heavy (non-hydrogen) atoms. The second-order valence-corrected chi connectivity index (χ2v) is 5.62. The molecule has 1 aromatic heterocycles. The average Bonchev–Trinajstić information content (AvgIpc) is 2.97. The smallest absolute Gasteiger partial charge is 0.343 e. The van der Waals surface area contributed by atoms with E-state index in [9.17, 15) is 14.8 Å². The van der Waals surface area contributed by atoms with Crippen molar-refractivity contribution in [2.24, 2.45) is 0 Å². The van der Waals surface area contributed by atoms with Gasteiger partial charge in [-0.15, -0.1) is 0 Å². The van der Waals surface area contributed by atoms with E-state index in [2.05, 4.69) is 0 Å². The molecule has 0 saturated heterocycles. The first-order valence-electron chi connectivity index (χ1n) is 8.09. The predicted octanol–water partition coefficient (Wildman–Crippen LogP) is 3.83. The lowest BCUT2D eigenvalue weighted by Crippen LogP contribution is -2.11. The molecule has 0 radical (unpaired) electrons. The summed E-state index contributed by atoms with van der Waals surface area (Å²) in [6.45, 7) is 3.57. The zero-order valence-electron chi connectivity index (χ0n) is 14.6. The molecule has 0 amide bonds. The van der Waals surface area contributed by atoms with Gasteiger partial charge in [0.25, 0.3) is 0 Å². The number of nitrogens with zero attached hydrogens (tertiary/aromatic N) is 1. The highest BCUT2D eigenvalue weighted by molar-refractivity contribution is 6.05. The molecular weight excluding hydrogens is 354 g/mol. The van der Waals surface area contributed by atoms with Crippen molar-refractivity contribution >= 4 is 28.6 Å². The number of carbonyl (C=O) groups is 2. The summed E-state index contributed by atoms with van der Waals surface area (Å²) in [4.78, 5) is 24.5. The monoisotopic (exact) mass is 370 g/mol. The Morgan fingerprint density at radius 3 is 2.67 bits per heavy atom. The van der Waals surface area contributed by atoms with Crippen LogP contribution in [0.3, 0.4) is 0 Å². The third kappa shape index (κ3) is 3.76. The van der Waals surface area contributed by atoms with E-state index in [1.165, 1.54) is 36.4 Å². The normalized spacial score (nSPS) is 10.7. The number of carbonyl (C=O) groups excluding carboxylic acids is 2. The Hall–Kier alpha value is -3.36. The maximum Gasteiger partial charge on any atom is 0.343 e. The number of hydrogen-bond acceptors (Lipinski definition) is 8. The Bertz CT molecular complexity index is 1010. The fourth-order valence-corrected chi connectivity index (χ4v) is 2.64. The van der Waals surface area contributed by atoms with E-state index in [4.69, 9.17) is 19.1 Å². The third-order valence-corrected chi connectivity index (χ3v) is 3.83. The maximum atomic E-state index is 12.3. The lowest BCUT2D eigenvalue weighted by Gasteiger charge is -2.21. The minimum absolute atomic E-state index is 0.0801. The van der Waals surface area contributed by atoms with Crippen LogP contribution in [0.1, 0.15) is 33.4 Å². The Kier molecular flexibility index (Phi) is 5.11. The van der Waals surface area contributed by atoms with Gasteiger partial charge >= 0.3 is 11.9 Å². The quantitative estimate of drug-likeness (QED) is 0.410. The Morgan fingerprint density at radius 2 is 1.96 bits per heavy atom. The van der Waals surface area contributed by atoms with Crippen molar-refractivity contribution in [3.8, 4) is 5.75 Å². The van der Waals surface area contributed by atoms with Crippen LogP contribution in [0.4, 0.5) is 5.69 Å². The van der Waals surface area contributed by atoms with Crippen LogP contribution in [0.15, 0.2) is 46.9 Å². The highest BCUT2D eigenvalue weighted by Gasteiger charge is 2.20. The highest BCUT2D eigenvalue weighted by Crippen LogP contribution is 2.30. The molecule has 8 heteroatoms. The van der Waals surface area contributed by atoms with Gasteiger partial charge in [-0.2, -0.15) is 0 Å². The van der Waals surface area contributed by atoms with Crippen molar-refractivity contribution in [3.63, 3.8) is 0 Å². The van der Waals surface area contributed by atoms with Crippen molar-refractivity contribution in [3.05, 3.63) is 64.6 Å². The van der Waals surface area contributed by atoms with E-state index in [1.54, 1.807) is 19.9 Å². The second kappa shape index (κ2) is 7.48. The van der Waals surface area contributed by atoms with E-state index in [1.807, 2.05) is 0 Å². The number of furan rings is 1. The highest BCUT2D eigenvalue weighted by atomic mass is 16.8. The molecule has 3 rings (SSSR count). The van der Waals surface area contributed by atoms with E-state index in [0.717, 1.165) is 0 Å². The van der Waals surface area contributed by atoms with E-state index in [-0.39, 0.29) is 34.4 Å². The largest absolute Gasteiger partial charge is 0.733 e. The van der Waals surface area contributed by atoms with Gasteiger partial charge < -0.3 is 24.3 Å². The second-order valence-electron chi connectivity index (χ2n) is 5.62. The molecule has 0 spiro atoms. The number of fused-ring (bicyclic) bond motifs is 1. The standard InChI is InChI=1S/C19H16NO7/c1-3-25-19(22)17-11(2)26-16-8-7-14(10-15(16)17)27-18(21)12-5-4-6-13(9-12)20(23)24/h4-10,23H,3H2,1-2H3/q-1. The zero-order chi connectivity index (χ0) is 19.6. The van der Waals surface area contributed by atoms with Gasteiger partial charge in [-0.05, 0) is 50.2 Å². The topological polar surface area (TPSA) is 112 Å². The van der Waals surface area contributed by atoms with E-state index in [0.29, 0.717) is 16.7 Å². The number of benzene rings is 2. The first kappa shape index (κ1) is 18.4. The molecule has 1 N–H and O–H groups in total. The van der Waals surface area contributed by atoms with Crippen LogP contribution in [0.5, 0.6) is 5.75 Å². The van der Waals surface area contributed by atoms with Crippen molar-refractivity contribution in [2.75, 3.05) is 11.8 Å². The Balaban J connectivity index is 1.91. The van der Waals surface area contributed by atoms with Crippen LogP contribution in [0.25, 0.3) is 11.0 Å². The molecule has 8 nitrogen and oxygen atoms in total. The molecule has 0 aliphatic carbocycles. The lowest BCUT2D eigenvalue weighted by molar-refractivity contribution is 0.0526. The van der Waals surface area contributed by atoms with Gasteiger partial charge in [-0.25, -0.2) is 9.59 Å². The van der Waals surface area contributed by atoms with Gasteiger partial charge in [-0.3, -0.25) is 5.21 Å². The summed E-state index contributed by atoms with van der Waals surface area (Å²) in [5, 5.41) is 20.0. The number of ether oxygens (including phenoxy) is 2. The molecule has 0 unspecified atom stereocenters. The van der Waals surface area contributed by atoms with Gasteiger partial charge in [0.2, 0.25) is 0 Å². The maximum absolute atomic E-state index is 12.3. The van der Waals surface area contributed by atoms with Crippen LogP contribution in [-0.2, 0) is 4.74 Å². The minimum Gasteiger partial charge on any atom is -0.733 e. The number of esters is 2. The number of rotatable bonds is 5. The summed E-state index contributed by atoms with van der Waals surface area (Å²) in [5.41, 5.74) is 0.708. The molecule has 1 heterocycles. The SMILES string of the molecule is CCOC(=O)c1c(C)oc2ccc(OC(=O)c3cccc(N([O-])O)c3)cc12. The summed E-state index contributed by atoms with van der Waals surface area (Å²) in [5.74, 6) is -0.662. The number of hydrogen-bond donors (Lipinski definition) is 1. The minimum atomic E-state index is -0.726. The van der Waals surface area contributed by atoms with Gasteiger partial charge in [0.1, 0.15) is 22.7 Å². The average molecular weight is 370 g/mol. The fraction of sp³-hybridized carbons (Fsp3) is 0.158. The summed E-state index contributed by atoms with van der Waals surface area (Å²) in [6, 6.07) is 10.0. The van der Waals surface area contributed by atoms with Crippen LogP contribution in [-0.4, -0.2) is 23.8 Å². The van der Waals surface area contributed by atoms with Crippen molar-refractivity contribution in [2.45, 2.75) is 13.8 Å². The molecule has 2 aromatic carbocycles. The summed E-state index contributed by atoms with van der Waals surface area (Å²) in [6.07, 6.45) is 0. The molecular formula is C19H16NO7-. The van der Waals surface area contributed by atoms with Crippen LogP contribution >= 0.6 is 0 Å². The van der Waals surface area contributed by atoms with Crippen molar-refractivity contribution in [1.82, 2.24) is 0 Å². The van der Waals surface area contributed by atoms with Crippen LogP contribution in [0, 0.1) is 12.1 Å². The summed E-state index contributed by atoms with van der Waals surface area (Å²) >= 11 is 0. The number of anilines is 1. The fourth-order valence-electron chi connectivity index (χ4n) is 2.64. The zero-order valence-corrected chi connectivity index (χ0v) is 14.6. The Morgan fingerprint density at radius 1 is 1.19 bits per heavy atom. The van der Waals surface area contributed by atoms with Gasteiger partial charge in [0.15, 0.2) is 0 Å². The molecule has 0 bridgehead atoms. The molecule has 0 atom stereocenters. The Labute approximate surface area is 154 Å². The van der Waals surface area contributed by atoms with Crippen LogP contribution in [0.2, 0.25) is 0 Å². The van der Waals surface area contributed by atoms with Crippen molar-refractivity contribution in [1.29, 1.82) is 0 Å². The summed E-state index contributed by atoms with van der Waals surface area (Å²) < 4.78 is 15.9. The number of aryl methyl sites for hydroxylation is 1. The van der Waals surface area contributed by atoms with Gasteiger partial charge in [0.05, 0.1) is 17.9 Å². The van der Waals surface area contributed by atoms with Gasteiger partial charge in [-0.1, -0.05) is 6.07 Å². The van der Waals surface area contributed by atoms with Crippen LogP contribution < -0.4 is 9.96 Å². The van der Waals surface area contributed by atoms with Crippen molar-refractivity contribution < 1.29 is 28.7 Å². The first-order valence-corrected chi connectivity index (χ1v) is 8.09. The molecule has 0 fully saturated rings.